The van der Waals surface area contributed by atoms with Crippen LogP contribution >= 0.6 is 0 Å². The van der Waals surface area contributed by atoms with E-state index in [2.05, 4.69) is 15.6 Å². The fourth-order valence-electron chi connectivity index (χ4n) is 2.67. The van der Waals surface area contributed by atoms with Gasteiger partial charge in [-0.05, 0) is 43.5 Å². The summed E-state index contributed by atoms with van der Waals surface area (Å²) in [5.74, 6) is 0.717. The molecule has 132 valence electrons. The van der Waals surface area contributed by atoms with Crippen LogP contribution in [-0.4, -0.2) is 30.3 Å². The van der Waals surface area contributed by atoms with Crippen molar-refractivity contribution in [3.8, 4) is 5.75 Å². The van der Waals surface area contributed by atoms with Gasteiger partial charge in [-0.1, -0.05) is 12.1 Å². The number of carbonyl (C=O) groups excluding carboxylic acids is 1. The summed E-state index contributed by atoms with van der Waals surface area (Å²) in [6, 6.07) is 10.9. The van der Waals surface area contributed by atoms with Crippen molar-refractivity contribution in [2.24, 2.45) is 0 Å². The molecule has 1 fully saturated rings. The van der Waals surface area contributed by atoms with Crippen LogP contribution in [0.1, 0.15) is 24.1 Å². The van der Waals surface area contributed by atoms with E-state index in [1.54, 1.807) is 12.3 Å². The molecular formula is C19H23N3O3. The van der Waals surface area contributed by atoms with Gasteiger partial charge in [-0.15, -0.1) is 0 Å². The van der Waals surface area contributed by atoms with Crippen LogP contribution in [0.4, 0.5) is 10.5 Å². The Bertz CT molecular complexity index is 715. The minimum absolute atomic E-state index is 0.168. The number of anilines is 1. The summed E-state index contributed by atoms with van der Waals surface area (Å²) in [4.78, 5) is 16.3. The Labute approximate surface area is 147 Å². The largest absolute Gasteiger partial charge is 0.491 e. The van der Waals surface area contributed by atoms with E-state index < -0.39 is 0 Å². The molecule has 2 N–H and O–H groups in total. The van der Waals surface area contributed by atoms with Crippen LogP contribution in [0, 0.1) is 6.92 Å². The molecule has 0 bridgehead atoms. The van der Waals surface area contributed by atoms with E-state index in [4.69, 9.17) is 9.47 Å². The lowest BCUT2D eigenvalue weighted by atomic mass is 10.2. The van der Waals surface area contributed by atoms with Gasteiger partial charge >= 0.3 is 6.03 Å². The zero-order chi connectivity index (χ0) is 17.5. The minimum atomic E-state index is -0.277. The Morgan fingerprint density at radius 3 is 3.08 bits per heavy atom. The van der Waals surface area contributed by atoms with Gasteiger partial charge in [-0.3, -0.25) is 4.98 Å². The number of aromatic nitrogens is 1. The molecule has 25 heavy (non-hydrogen) atoms. The molecule has 1 aromatic carbocycles. The van der Waals surface area contributed by atoms with Crippen LogP contribution in [-0.2, 0) is 11.3 Å². The zero-order valence-corrected chi connectivity index (χ0v) is 14.3. The lowest BCUT2D eigenvalue weighted by Crippen LogP contribution is -2.28. The fraction of sp³-hybridized carbons (Fsp3) is 0.368. The molecule has 1 aromatic heterocycles. The molecule has 2 heterocycles. The maximum absolute atomic E-state index is 12.1. The molecule has 0 spiro atoms. The van der Waals surface area contributed by atoms with Crippen molar-refractivity contribution in [2.45, 2.75) is 32.4 Å². The smallest absolute Gasteiger partial charge is 0.319 e. The second kappa shape index (κ2) is 8.48. The summed E-state index contributed by atoms with van der Waals surface area (Å²) in [6.45, 7) is 3.70. The molecule has 0 saturated carbocycles. The van der Waals surface area contributed by atoms with Crippen LogP contribution in [0.2, 0.25) is 0 Å². The number of benzene rings is 1. The Balaban J connectivity index is 1.49. The van der Waals surface area contributed by atoms with E-state index in [9.17, 15) is 4.79 Å². The quantitative estimate of drug-likeness (QED) is 0.846. The molecule has 2 aromatic rings. The molecule has 3 rings (SSSR count). The number of rotatable bonds is 6. The van der Waals surface area contributed by atoms with Crippen molar-refractivity contribution in [3.63, 3.8) is 0 Å². The van der Waals surface area contributed by atoms with E-state index in [0.29, 0.717) is 24.6 Å². The van der Waals surface area contributed by atoms with Gasteiger partial charge in [0.2, 0.25) is 0 Å². The van der Waals surface area contributed by atoms with Crippen LogP contribution in [0.3, 0.4) is 0 Å². The van der Waals surface area contributed by atoms with Crippen molar-refractivity contribution < 1.29 is 14.3 Å². The summed E-state index contributed by atoms with van der Waals surface area (Å²) in [6.07, 6.45) is 4.01. The van der Waals surface area contributed by atoms with Crippen molar-refractivity contribution in [2.75, 3.05) is 18.5 Å². The first kappa shape index (κ1) is 17.2. The highest BCUT2D eigenvalue weighted by Crippen LogP contribution is 2.19. The Morgan fingerprint density at radius 2 is 2.28 bits per heavy atom. The Kier molecular flexibility index (Phi) is 5.85. The summed E-state index contributed by atoms with van der Waals surface area (Å²) < 4.78 is 11.3. The third-order valence-electron chi connectivity index (χ3n) is 4.09. The standard InChI is InChI=1S/C19H23N3O3/c1-14-5-3-9-20-18(14)12-21-19(23)22-15-6-2-7-16(11-15)25-13-17-8-4-10-24-17/h2-3,5-7,9,11,17H,4,8,10,12-13H2,1H3,(H2,21,22,23)/t17-/m1/s1. The van der Waals surface area contributed by atoms with Gasteiger partial charge in [0.1, 0.15) is 12.4 Å². The summed E-state index contributed by atoms with van der Waals surface area (Å²) in [5.41, 5.74) is 2.58. The molecular weight excluding hydrogens is 318 g/mol. The molecule has 0 aliphatic carbocycles. The number of pyridine rings is 1. The number of hydrogen-bond acceptors (Lipinski definition) is 4. The molecule has 1 aliphatic rings. The minimum Gasteiger partial charge on any atom is -0.491 e. The lowest BCUT2D eigenvalue weighted by Gasteiger charge is -2.13. The first-order chi connectivity index (χ1) is 12.2. The van der Waals surface area contributed by atoms with Crippen LogP contribution in [0.5, 0.6) is 5.75 Å². The zero-order valence-electron chi connectivity index (χ0n) is 14.3. The van der Waals surface area contributed by atoms with E-state index in [0.717, 1.165) is 30.7 Å². The van der Waals surface area contributed by atoms with Crippen LogP contribution < -0.4 is 15.4 Å². The molecule has 6 nitrogen and oxygen atoms in total. The molecule has 6 heteroatoms. The highest BCUT2D eigenvalue weighted by atomic mass is 16.5. The first-order valence-corrected chi connectivity index (χ1v) is 8.50. The number of nitrogens with one attached hydrogen (secondary N) is 2. The van der Waals surface area contributed by atoms with E-state index >= 15 is 0 Å². The molecule has 0 unspecified atom stereocenters. The predicted molar refractivity (Wildman–Crippen MR) is 95.7 cm³/mol. The van der Waals surface area contributed by atoms with Crippen molar-refractivity contribution >= 4 is 11.7 Å². The average molecular weight is 341 g/mol. The topological polar surface area (TPSA) is 72.5 Å². The van der Waals surface area contributed by atoms with Gasteiger partial charge < -0.3 is 20.1 Å². The molecule has 0 radical (unpaired) electrons. The van der Waals surface area contributed by atoms with Crippen LogP contribution in [0.25, 0.3) is 0 Å². The third-order valence-corrected chi connectivity index (χ3v) is 4.09. The summed E-state index contributed by atoms with van der Waals surface area (Å²) in [5, 5.41) is 5.62. The highest BCUT2D eigenvalue weighted by molar-refractivity contribution is 5.89. The van der Waals surface area contributed by atoms with E-state index in [1.807, 2.05) is 37.3 Å². The molecule has 2 amide bonds. The predicted octanol–water partition coefficient (Wildman–Crippen LogP) is 3.27. The second-order valence-electron chi connectivity index (χ2n) is 6.05. The van der Waals surface area contributed by atoms with Gasteiger partial charge in [0.15, 0.2) is 0 Å². The van der Waals surface area contributed by atoms with Gasteiger partial charge in [0.25, 0.3) is 0 Å². The lowest BCUT2D eigenvalue weighted by molar-refractivity contribution is 0.0680. The summed E-state index contributed by atoms with van der Waals surface area (Å²) >= 11 is 0. The van der Waals surface area contributed by atoms with E-state index in [1.165, 1.54) is 0 Å². The number of amides is 2. The SMILES string of the molecule is Cc1cccnc1CNC(=O)Nc1cccc(OC[C@H]2CCCO2)c1. The first-order valence-electron chi connectivity index (χ1n) is 8.50. The van der Waals surface area contributed by atoms with Crippen molar-refractivity contribution in [3.05, 3.63) is 53.9 Å². The Hall–Kier alpha value is -2.60. The Morgan fingerprint density at radius 1 is 1.36 bits per heavy atom. The number of urea groups is 1. The summed E-state index contributed by atoms with van der Waals surface area (Å²) in [7, 11) is 0. The number of hydrogen-bond donors (Lipinski definition) is 2. The van der Waals surface area contributed by atoms with Crippen molar-refractivity contribution in [1.82, 2.24) is 10.3 Å². The van der Waals surface area contributed by atoms with Gasteiger partial charge in [0.05, 0.1) is 18.3 Å². The maximum atomic E-state index is 12.1. The van der Waals surface area contributed by atoms with Gasteiger partial charge in [-0.2, -0.15) is 0 Å². The molecule has 1 saturated heterocycles. The van der Waals surface area contributed by atoms with Crippen molar-refractivity contribution in [1.29, 1.82) is 0 Å². The molecule has 1 atom stereocenters. The van der Waals surface area contributed by atoms with Crippen LogP contribution in [0.15, 0.2) is 42.6 Å². The normalized spacial score (nSPS) is 16.4. The fourth-order valence-corrected chi connectivity index (χ4v) is 2.67. The highest BCUT2D eigenvalue weighted by Gasteiger charge is 2.16. The van der Waals surface area contributed by atoms with Gasteiger partial charge in [0, 0.05) is 24.6 Å². The molecule has 1 aliphatic heterocycles. The van der Waals surface area contributed by atoms with E-state index in [-0.39, 0.29) is 12.1 Å². The number of aryl methyl sites for hydroxylation is 1. The number of carbonyl (C=O) groups is 1. The number of ether oxygens (including phenoxy) is 2. The monoisotopic (exact) mass is 341 g/mol. The number of nitrogens with zero attached hydrogens (tertiary/aromatic N) is 1. The second-order valence-corrected chi connectivity index (χ2v) is 6.05. The van der Waals surface area contributed by atoms with Gasteiger partial charge in [-0.25, -0.2) is 4.79 Å². The third kappa shape index (κ3) is 5.19. The average Bonchev–Trinajstić information content (AvgIpc) is 3.13. The maximum Gasteiger partial charge on any atom is 0.319 e.